The van der Waals surface area contributed by atoms with Crippen molar-refractivity contribution < 1.29 is 9.90 Å². The maximum atomic E-state index is 12.2. The third kappa shape index (κ3) is 3.51. The van der Waals surface area contributed by atoms with Gasteiger partial charge in [-0.25, -0.2) is 0 Å². The molecule has 1 aliphatic rings. The average molecular weight is 279 g/mol. The zero-order chi connectivity index (χ0) is 13.8. The van der Waals surface area contributed by atoms with Crippen LogP contribution in [0.4, 0.5) is 0 Å². The highest BCUT2D eigenvalue weighted by Gasteiger charge is 2.28. The van der Waals surface area contributed by atoms with Crippen LogP contribution in [-0.4, -0.2) is 29.4 Å². The van der Waals surface area contributed by atoms with Gasteiger partial charge in [-0.05, 0) is 24.0 Å². The first-order valence-corrected chi connectivity index (χ1v) is 7.75. The van der Waals surface area contributed by atoms with E-state index in [2.05, 4.69) is 11.4 Å². The van der Waals surface area contributed by atoms with E-state index in [-0.39, 0.29) is 23.8 Å². The molecule has 2 unspecified atom stereocenters. The summed E-state index contributed by atoms with van der Waals surface area (Å²) in [7, 11) is 0. The third-order valence-corrected chi connectivity index (χ3v) is 4.71. The van der Waals surface area contributed by atoms with Crippen LogP contribution >= 0.6 is 11.8 Å². The highest BCUT2D eigenvalue weighted by Crippen LogP contribution is 2.39. The molecule has 0 saturated heterocycles. The van der Waals surface area contributed by atoms with Crippen molar-refractivity contribution in [2.75, 3.05) is 12.3 Å². The molecule has 2 atom stereocenters. The lowest BCUT2D eigenvalue weighted by atomic mass is 10.00. The van der Waals surface area contributed by atoms with Gasteiger partial charge in [0.25, 0.3) is 0 Å². The summed E-state index contributed by atoms with van der Waals surface area (Å²) in [6, 6.07) is 8.08. The van der Waals surface area contributed by atoms with Crippen molar-refractivity contribution in [2.45, 2.75) is 37.2 Å². The van der Waals surface area contributed by atoms with Gasteiger partial charge < -0.3 is 10.4 Å². The van der Waals surface area contributed by atoms with Gasteiger partial charge in [-0.2, -0.15) is 0 Å². The number of carbonyl (C=O) groups excluding carboxylic acids is 1. The van der Waals surface area contributed by atoms with Crippen molar-refractivity contribution in [1.29, 1.82) is 0 Å². The standard InChI is InChI=1S/C15H21NO2S/c1-10(2)13(17)7-8-16-15(18)12-9-19-14-6-4-3-5-11(12)14/h3-6,10,12-13,17H,7-9H2,1-2H3,(H,16,18). The Labute approximate surface area is 118 Å². The minimum absolute atomic E-state index is 0.0441. The number of hydrogen-bond donors (Lipinski definition) is 2. The lowest BCUT2D eigenvalue weighted by molar-refractivity contribution is -0.122. The van der Waals surface area contributed by atoms with Gasteiger partial charge in [-0.15, -0.1) is 11.8 Å². The highest BCUT2D eigenvalue weighted by atomic mass is 32.2. The Balaban J connectivity index is 1.85. The molecule has 4 heteroatoms. The van der Waals surface area contributed by atoms with Crippen LogP contribution in [0.1, 0.15) is 31.7 Å². The first kappa shape index (κ1) is 14.4. The predicted octanol–water partition coefficient (Wildman–Crippen LogP) is 2.40. The SMILES string of the molecule is CC(C)C(O)CCNC(=O)C1CSc2ccccc21. The van der Waals surface area contributed by atoms with E-state index in [0.29, 0.717) is 13.0 Å². The maximum Gasteiger partial charge on any atom is 0.228 e. The second kappa shape index (κ2) is 6.44. The number of aliphatic hydroxyl groups is 1. The van der Waals surface area contributed by atoms with Crippen LogP contribution in [0.5, 0.6) is 0 Å². The number of benzene rings is 1. The number of hydrogen-bond acceptors (Lipinski definition) is 3. The zero-order valence-electron chi connectivity index (χ0n) is 11.4. The number of amides is 1. The molecule has 1 aromatic carbocycles. The summed E-state index contributed by atoms with van der Waals surface area (Å²) >= 11 is 1.74. The van der Waals surface area contributed by atoms with Crippen LogP contribution in [0.3, 0.4) is 0 Å². The summed E-state index contributed by atoms with van der Waals surface area (Å²) in [6.07, 6.45) is 0.274. The molecule has 1 amide bonds. The number of carbonyl (C=O) groups is 1. The molecule has 2 rings (SSSR count). The fraction of sp³-hybridized carbons (Fsp3) is 0.533. The van der Waals surface area contributed by atoms with Crippen LogP contribution < -0.4 is 5.32 Å². The van der Waals surface area contributed by atoms with E-state index in [0.717, 1.165) is 11.3 Å². The first-order valence-electron chi connectivity index (χ1n) is 6.77. The molecular formula is C15H21NO2S. The monoisotopic (exact) mass is 279 g/mol. The van der Waals surface area contributed by atoms with Gasteiger partial charge in [0.05, 0.1) is 12.0 Å². The van der Waals surface area contributed by atoms with Crippen LogP contribution in [0.15, 0.2) is 29.2 Å². The second-order valence-corrected chi connectivity index (χ2v) is 6.35. The third-order valence-electron chi connectivity index (χ3n) is 3.53. The molecule has 0 aromatic heterocycles. The Morgan fingerprint density at radius 1 is 1.47 bits per heavy atom. The minimum atomic E-state index is -0.342. The molecule has 3 nitrogen and oxygen atoms in total. The predicted molar refractivity (Wildman–Crippen MR) is 78.4 cm³/mol. The van der Waals surface area contributed by atoms with Crippen molar-refractivity contribution in [3.63, 3.8) is 0 Å². The summed E-state index contributed by atoms with van der Waals surface area (Å²) in [5.41, 5.74) is 1.13. The Morgan fingerprint density at radius 2 is 2.21 bits per heavy atom. The molecule has 104 valence electrons. The summed E-state index contributed by atoms with van der Waals surface area (Å²) in [4.78, 5) is 13.4. The van der Waals surface area contributed by atoms with E-state index < -0.39 is 0 Å². The molecule has 0 saturated carbocycles. The van der Waals surface area contributed by atoms with Gasteiger partial charge in [-0.1, -0.05) is 32.0 Å². The van der Waals surface area contributed by atoms with Crippen LogP contribution in [0, 0.1) is 5.92 Å². The number of thioether (sulfide) groups is 1. The Bertz CT molecular complexity index is 448. The fourth-order valence-electron chi connectivity index (χ4n) is 2.18. The van der Waals surface area contributed by atoms with Gasteiger partial charge in [0.2, 0.25) is 5.91 Å². The van der Waals surface area contributed by atoms with E-state index in [1.54, 1.807) is 11.8 Å². The number of rotatable bonds is 5. The Morgan fingerprint density at radius 3 is 2.95 bits per heavy atom. The molecule has 1 heterocycles. The van der Waals surface area contributed by atoms with Crippen molar-refractivity contribution in [1.82, 2.24) is 5.32 Å². The number of fused-ring (bicyclic) bond motifs is 1. The topological polar surface area (TPSA) is 49.3 Å². The Kier molecular flexibility index (Phi) is 4.88. The smallest absolute Gasteiger partial charge is 0.228 e. The largest absolute Gasteiger partial charge is 0.393 e. The lowest BCUT2D eigenvalue weighted by Gasteiger charge is -2.16. The van der Waals surface area contributed by atoms with Crippen molar-refractivity contribution in [3.8, 4) is 0 Å². The summed E-state index contributed by atoms with van der Waals surface area (Å²) in [6.45, 7) is 4.51. The van der Waals surface area contributed by atoms with Crippen molar-refractivity contribution in [3.05, 3.63) is 29.8 Å². The molecule has 2 N–H and O–H groups in total. The summed E-state index contributed by atoms with van der Waals surface area (Å²) in [5.74, 6) is 1.09. The average Bonchev–Trinajstić information content (AvgIpc) is 2.82. The normalized spacial score (nSPS) is 19.3. The van der Waals surface area contributed by atoms with Crippen molar-refractivity contribution in [2.24, 2.45) is 5.92 Å². The zero-order valence-corrected chi connectivity index (χ0v) is 12.2. The lowest BCUT2D eigenvalue weighted by Crippen LogP contribution is -2.32. The van der Waals surface area contributed by atoms with Crippen molar-refractivity contribution >= 4 is 17.7 Å². The van der Waals surface area contributed by atoms with Gasteiger partial charge in [0.15, 0.2) is 0 Å². The second-order valence-electron chi connectivity index (χ2n) is 5.29. The van der Waals surface area contributed by atoms with Crippen LogP contribution in [0.2, 0.25) is 0 Å². The van der Waals surface area contributed by atoms with E-state index in [1.807, 2.05) is 32.0 Å². The molecule has 0 radical (unpaired) electrons. The molecule has 0 fully saturated rings. The van der Waals surface area contributed by atoms with E-state index in [1.165, 1.54) is 4.90 Å². The summed E-state index contributed by atoms with van der Waals surface area (Å²) in [5, 5.41) is 12.6. The minimum Gasteiger partial charge on any atom is -0.393 e. The quantitative estimate of drug-likeness (QED) is 0.870. The fourth-order valence-corrected chi connectivity index (χ4v) is 3.41. The molecule has 0 bridgehead atoms. The summed E-state index contributed by atoms with van der Waals surface area (Å²) < 4.78 is 0. The van der Waals surface area contributed by atoms with Gasteiger partial charge in [-0.3, -0.25) is 4.79 Å². The number of nitrogens with one attached hydrogen (secondary N) is 1. The molecule has 19 heavy (non-hydrogen) atoms. The molecular weight excluding hydrogens is 258 g/mol. The van der Waals surface area contributed by atoms with Gasteiger partial charge >= 0.3 is 0 Å². The molecule has 0 spiro atoms. The van der Waals surface area contributed by atoms with E-state index in [4.69, 9.17) is 0 Å². The van der Waals surface area contributed by atoms with Gasteiger partial charge in [0, 0.05) is 17.2 Å². The molecule has 1 aliphatic heterocycles. The van der Waals surface area contributed by atoms with E-state index >= 15 is 0 Å². The maximum absolute atomic E-state index is 12.2. The number of aliphatic hydroxyl groups excluding tert-OH is 1. The molecule has 1 aromatic rings. The first-order chi connectivity index (χ1) is 9.09. The molecule has 0 aliphatic carbocycles. The van der Waals surface area contributed by atoms with E-state index in [9.17, 15) is 9.90 Å². The Hall–Kier alpha value is -1.00. The van der Waals surface area contributed by atoms with Gasteiger partial charge in [0.1, 0.15) is 0 Å². The van der Waals surface area contributed by atoms with Crippen LogP contribution in [0.25, 0.3) is 0 Å². The highest BCUT2D eigenvalue weighted by molar-refractivity contribution is 7.99. The van der Waals surface area contributed by atoms with Crippen LogP contribution in [-0.2, 0) is 4.79 Å².